The zero-order chi connectivity index (χ0) is 17.8. The Bertz CT molecular complexity index is 803. The summed E-state index contributed by atoms with van der Waals surface area (Å²) in [7, 11) is 0. The summed E-state index contributed by atoms with van der Waals surface area (Å²) < 4.78 is 10.4. The number of carbonyl (C=O) groups is 1. The number of aliphatic hydroxyl groups is 1. The number of aliphatic hydroxyl groups excluding tert-OH is 1. The second-order valence-electron chi connectivity index (χ2n) is 5.63. The Morgan fingerprint density at radius 2 is 2.32 bits per heavy atom. The van der Waals surface area contributed by atoms with Crippen LogP contribution >= 0.6 is 11.8 Å². The molecule has 1 atom stereocenters. The van der Waals surface area contributed by atoms with Gasteiger partial charge in [0.2, 0.25) is 0 Å². The third-order valence-electron chi connectivity index (χ3n) is 3.74. The topological polar surface area (TPSA) is 110 Å². The number of hydrogen-bond acceptors (Lipinski definition) is 7. The largest absolute Gasteiger partial charge is 0.491 e. The SMILES string of the molecule is CCOC(=O)CC1CN=C(c2cc3cc(OCCO)cc(N)c3[nH]2)S1. The average molecular weight is 363 g/mol. The molecule has 3 rings (SSSR count). The molecule has 7 nitrogen and oxygen atoms in total. The van der Waals surface area contributed by atoms with Crippen molar-refractivity contribution in [1.82, 2.24) is 4.98 Å². The number of fused-ring (bicyclic) bond motifs is 1. The molecule has 2 heterocycles. The Morgan fingerprint density at radius 1 is 1.48 bits per heavy atom. The van der Waals surface area contributed by atoms with Gasteiger partial charge in [-0.25, -0.2) is 0 Å². The minimum absolute atomic E-state index is 0.0500. The maximum atomic E-state index is 11.6. The van der Waals surface area contributed by atoms with Crippen molar-refractivity contribution in [2.24, 2.45) is 4.99 Å². The van der Waals surface area contributed by atoms with E-state index < -0.39 is 0 Å². The summed E-state index contributed by atoms with van der Waals surface area (Å²) in [6.07, 6.45) is 0.354. The molecule has 0 saturated carbocycles. The quantitative estimate of drug-likeness (QED) is 0.512. The van der Waals surface area contributed by atoms with Crippen LogP contribution < -0.4 is 10.5 Å². The number of esters is 1. The molecule has 0 spiro atoms. The maximum Gasteiger partial charge on any atom is 0.306 e. The fourth-order valence-electron chi connectivity index (χ4n) is 2.68. The van der Waals surface area contributed by atoms with Crippen molar-refractivity contribution in [3.63, 3.8) is 0 Å². The molecule has 1 unspecified atom stereocenters. The van der Waals surface area contributed by atoms with E-state index in [0.29, 0.717) is 31.0 Å². The van der Waals surface area contributed by atoms with Crippen molar-refractivity contribution in [3.05, 3.63) is 23.9 Å². The normalized spacial score (nSPS) is 16.9. The van der Waals surface area contributed by atoms with Crippen LogP contribution in [-0.4, -0.2) is 52.7 Å². The van der Waals surface area contributed by atoms with Crippen LogP contribution in [0.15, 0.2) is 23.2 Å². The summed E-state index contributed by atoms with van der Waals surface area (Å²) in [5, 5.41) is 10.7. The van der Waals surface area contributed by atoms with Gasteiger partial charge in [0.1, 0.15) is 17.4 Å². The van der Waals surface area contributed by atoms with Crippen LogP contribution in [0.3, 0.4) is 0 Å². The number of nitrogens with one attached hydrogen (secondary N) is 1. The Balaban J connectivity index is 1.74. The number of nitrogens with zero attached hydrogens (tertiary/aromatic N) is 1. The summed E-state index contributed by atoms with van der Waals surface area (Å²) >= 11 is 1.57. The lowest BCUT2D eigenvalue weighted by molar-refractivity contribution is -0.143. The number of H-pyrrole nitrogens is 1. The average Bonchev–Trinajstić information content (AvgIpc) is 3.20. The molecule has 4 N–H and O–H groups in total. The van der Waals surface area contributed by atoms with Gasteiger partial charge in [0.15, 0.2) is 0 Å². The Hall–Kier alpha value is -2.19. The highest BCUT2D eigenvalue weighted by Crippen LogP contribution is 2.32. The molecule has 25 heavy (non-hydrogen) atoms. The van der Waals surface area contributed by atoms with Crippen molar-refractivity contribution in [1.29, 1.82) is 0 Å². The van der Waals surface area contributed by atoms with Gasteiger partial charge in [-0.15, -0.1) is 0 Å². The van der Waals surface area contributed by atoms with Crippen LogP contribution in [-0.2, 0) is 9.53 Å². The lowest BCUT2D eigenvalue weighted by atomic mass is 10.2. The van der Waals surface area contributed by atoms with Crippen molar-refractivity contribution in [2.45, 2.75) is 18.6 Å². The van der Waals surface area contributed by atoms with E-state index in [9.17, 15) is 4.79 Å². The van der Waals surface area contributed by atoms with Crippen molar-refractivity contribution in [2.75, 3.05) is 32.1 Å². The van der Waals surface area contributed by atoms with E-state index in [0.717, 1.165) is 21.6 Å². The number of nitrogens with two attached hydrogens (primary N) is 1. The number of benzene rings is 1. The summed E-state index contributed by atoms with van der Waals surface area (Å²) in [6.45, 7) is 2.96. The molecule has 0 fully saturated rings. The maximum absolute atomic E-state index is 11.6. The van der Waals surface area contributed by atoms with E-state index in [4.69, 9.17) is 20.3 Å². The molecule has 2 aromatic rings. The van der Waals surface area contributed by atoms with E-state index in [1.165, 1.54) is 0 Å². The number of rotatable bonds is 7. The molecular weight excluding hydrogens is 342 g/mol. The number of hydrogen-bond donors (Lipinski definition) is 3. The molecule has 0 radical (unpaired) electrons. The van der Waals surface area contributed by atoms with Gasteiger partial charge in [-0.2, -0.15) is 0 Å². The van der Waals surface area contributed by atoms with Gasteiger partial charge in [0, 0.05) is 16.7 Å². The number of aliphatic imine (C=N–C) groups is 1. The third-order valence-corrected chi connectivity index (χ3v) is 4.96. The van der Waals surface area contributed by atoms with Gasteiger partial charge in [-0.1, -0.05) is 11.8 Å². The van der Waals surface area contributed by atoms with Crippen LogP contribution in [0.4, 0.5) is 5.69 Å². The molecule has 0 amide bonds. The van der Waals surface area contributed by atoms with E-state index in [1.54, 1.807) is 24.8 Å². The minimum Gasteiger partial charge on any atom is -0.491 e. The highest BCUT2D eigenvalue weighted by Gasteiger charge is 2.25. The fraction of sp³-hybridized carbons (Fsp3) is 0.412. The number of aromatic amines is 1. The van der Waals surface area contributed by atoms with Crippen LogP contribution in [0.5, 0.6) is 5.75 Å². The first-order valence-electron chi connectivity index (χ1n) is 8.13. The zero-order valence-corrected chi connectivity index (χ0v) is 14.8. The fourth-order valence-corrected chi connectivity index (χ4v) is 3.75. The highest BCUT2D eigenvalue weighted by atomic mass is 32.2. The van der Waals surface area contributed by atoms with Crippen molar-refractivity contribution in [3.8, 4) is 5.75 Å². The van der Waals surface area contributed by atoms with Crippen LogP contribution in [0, 0.1) is 0 Å². The zero-order valence-electron chi connectivity index (χ0n) is 13.9. The molecule has 0 bridgehead atoms. The van der Waals surface area contributed by atoms with E-state index in [2.05, 4.69) is 9.98 Å². The molecular formula is C17H21N3O4S. The third kappa shape index (κ3) is 4.08. The first kappa shape index (κ1) is 17.6. The summed E-state index contributed by atoms with van der Waals surface area (Å²) in [5.74, 6) is 0.425. The van der Waals surface area contributed by atoms with Gasteiger partial charge in [0.05, 0.1) is 43.1 Å². The molecule has 1 aromatic carbocycles. The number of thioether (sulfide) groups is 1. The Morgan fingerprint density at radius 3 is 3.08 bits per heavy atom. The summed E-state index contributed by atoms with van der Waals surface area (Å²) in [4.78, 5) is 19.4. The molecule has 1 aliphatic heterocycles. The predicted octanol–water partition coefficient (Wildman–Crippen LogP) is 1.94. The molecule has 8 heteroatoms. The monoisotopic (exact) mass is 363 g/mol. The minimum atomic E-state index is -0.192. The summed E-state index contributed by atoms with van der Waals surface area (Å²) in [6, 6.07) is 5.57. The van der Waals surface area contributed by atoms with Crippen LogP contribution in [0.25, 0.3) is 10.9 Å². The Labute approximate surface area is 149 Å². The van der Waals surface area contributed by atoms with Crippen LogP contribution in [0.1, 0.15) is 19.0 Å². The second-order valence-corrected chi connectivity index (χ2v) is 6.92. The van der Waals surface area contributed by atoms with Gasteiger partial charge in [0.25, 0.3) is 0 Å². The smallest absolute Gasteiger partial charge is 0.306 e. The first-order chi connectivity index (χ1) is 12.1. The number of anilines is 1. The standard InChI is InChI=1S/C17H21N3O4S/c1-2-23-15(22)8-12-9-19-17(25-12)14-6-10-5-11(24-4-3-21)7-13(18)16(10)20-14/h5-7,12,20-21H,2-4,8-9,18H2,1H3. The Kier molecular flexibility index (Phi) is 5.50. The molecule has 0 saturated heterocycles. The van der Waals surface area contributed by atoms with Gasteiger partial charge in [-0.05, 0) is 19.1 Å². The highest BCUT2D eigenvalue weighted by molar-refractivity contribution is 8.15. The lowest BCUT2D eigenvalue weighted by Gasteiger charge is -2.06. The lowest BCUT2D eigenvalue weighted by Crippen LogP contribution is -2.14. The number of aromatic nitrogens is 1. The number of nitrogen functional groups attached to an aromatic ring is 1. The molecule has 1 aliphatic rings. The second kappa shape index (κ2) is 7.79. The molecule has 0 aliphatic carbocycles. The van der Waals surface area contributed by atoms with E-state index in [1.807, 2.05) is 12.1 Å². The molecule has 1 aromatic heterocycles. The summed E-state index contributed by atoms with van der Waals surface area (Å²) in [5.41, 5.74) is 8.35. The number of ether oxygens (including phenoxy) is 2. The predicted molar refractivity (Wildman–Crippen MR) is 99.3 cm³/mol. The number of carbonyl (C=O) groups excluding carboxylic acids is 1. The van der Waals surface area contributed by atoms with Gasteiger partial charge < -0.3 is 25.3 Å². The molecule has 134 valence electrons. The van der Waals surface area contributed by atoms with Crippen molar-refractivity contribution >= 4 is 39.4 Å². The first-order valence-corrected chi connectivity index (χ1v) is 9.01. The van der Waals surface area contributed by atoms with E-state index in [-0.39, 0.29) is 24.4 Å². The van der Waals surface area contributed by atoms with Gasteiger partial charge >= 0.3 is 5.97 Å². The van der Waals surface area contributed by atoms with Gasteiger partial charge in [-0.3, -0.25) is 9.79 Å². The van der Waals surface area contributed by atoms with E-state index >= 15 is 0 Å². The van der Waals surface area contributed by atoms with Crippen molar-refractivity contribution < 1.29 is 19.4 Å². The van der Waals surface area contributed by atoms with Crippen LogP contribution in [0.2, 0.25) is 0 Å².